The van der Waals surface area contributed by atoms with Gasteiger partial charge in [-0.3, -0.25) is 9.89 Å². The summed E-state index contributed by atoms with van der Waals surface area (Å²) in [4.78, 5) is 10.4. The number of aliphatic carboxylic acids is 1. The van der Waals surface area contributed by atoms with E-state index in [2.05, 4.69) is 10.2 Å². The molecule has 1 aromatic heterocycles. The van der Waals surface area contributed by atoms with E-state index >= 15 is 0 Å². The van der Waals surface area contributed by atoms with Crippen LogP contribution >= 0.6 is 0 Å². The second kappa shape index (κ2) is 3.49. The fraction of sp³-hybridized carbons (Fsp3) is 0.200. The molecule has 4 heteroatoms. The van der Waals surface area contributed by atoms with Crippen molar-refractivity contribution in [2.45, 2.75) is 12.8 Å². The maximum atomic E-state index is 10.4. The largest absolute Gasteiger partial charge is 0.481 e. The average molecular weight is 190 g/mol. The monoisotopic (exact) mass is 190 g/mol. The minimum Gasteiger partial charge on any atom is -0.481 e. The van der Waals surface area contributed by atoms with E-state index in [9.17, 15) is 4.79 Å². The SMILES string of the molecule is O=C(O)CCc1cccc2cn[nH]c12. The highest BCUT2D eigenvalue weighted by molar-refractivity contribution is 5.81. The minimum atomic E-state index is -0.776. The number of nitrogens with zero attached hydrogens (tertiary/aromatic N) is 1. The number of aromatic amines is 1. The summed E-state index contributed by atoms with van der Waals surface area (Å²) in [5, 5.41) is 16.4. The zero-order chi connectivity index (χ0) is 9.97. The highest BCUT2D eigenvalue weighted by Crippen LogP contribution is 2.16. The first-order chi connectivity index (χ1) is 6.77. The summed E-state index contributed by atoms with van der Waals surface area (Å²) < 4.78 is 0. The van der Waals surface area contributed by atoms with E-state index in [1.165, 1.54) is 0 Å². The quantitative estimate of drug-likeness (QED) is 0.772. The number of aryl methyl sites for hydroxylation is 1. The van der Waals surface area contributed by atoms with Crippen molar-refractivity contribution in [3.8, 4) is 0 Å². The van der Waals surface area contributed by atoms with Crippen LogP contribution in [0.15, 0.2) is 24.4 Å². The van der Waals surface area contributed by atoms with Crippen molar-refractivity contribution < 1.29 is 9.90 Å². The van der Waals surface area contributed by atoms with E-state index in [0.717, 1.165) is 16.5 Å². The van der Waals surface area contributed by atoms with Crippen LogP contribution < -0.4 is 0 Å². The van der Waals surface area contributed by atoms with Crippen LogP contribution in [0.2, 0.25) is 0 Å². The lowest BCUT2D eigenvalue weighted by molar-refractivity contribution is -0.136. The van der Waals surface area contributed by atoms with Gasteiger partial charge in [0.1, 0.15) is 0 Å². The fourth-order valence-corrected chi connectivity index (χ4v) is 1.48. The van der Waals surface area contributed by atoms with Crippen LogP contribution in [0.5, 0.6) is 0 Å². The van der Waals surface area contributed by atoms with Gasteiger partial charge in [-0.2, -0.15) is 5.10 Å². The van der Waals surface area contributed by atoms with Gasteiger partial charge in [-0.25, -0.2) is 0 Å². The van der Waals surface area contributed by atoms with E-state index in [0.29, 0.717) is 6.42 Å². The molecule has 2 rings (SSSR count). The average Bonchev–Trinajstić information content (AvgIpc) is 2.62. The Labute approximate surface area is 80.6 Å². The van der Waals surface area contributed by atoms with Gasteiger partial charge in [-0.05, 0) is 12.0 Å². The number of rotatable bonds is 3. The lowest BCUT2D eigenvalue weighted by atomic mass is 10.1. The first kappa shape index (κ1) is 8.74. The number of carboxylic acid groups (broad SMARTS) is 1. The number of hydrogen-bond acceptors (Lipinski definition) is 2. The highest BCUT2D eigenvalue weighted by Gasteiger charge is 2.04. The molecule has 0 atom stereocenters. The number of aromatic nitrogens is 2. The van der Waals surface area contributed by atoms with E-state index in [-0.39, 0.29) is 6.42 Å². The van der Waals surface area contributed by atoms with Crippen molar-refractivity contribution in [1.29, 1.82) is 0 Å². The smallest absolute Gasteiger partial charge is 0.303 e. The number of carboxylic acids is 1. The molecule has 0 amide bonds. The molecule has 0 fully saturated rings. The van der Waals surface area contributed by atoms with Gasteiger partial charge in [-0.1, -0.05) is 18.2 Å². The van der Waals surface area contributed by atoms with Gasteiger partial charge in [0.05, 0.1) is 11.7 Å². The molecule has 4 nitrogen and oxygen atoms in total. The maximum absolute atomic E-state index is 10.4. The van der Waals surface area contributed by atoms with Crippen LogP contribution in [-0.4, -0.2) is 21.3 Å². The van der Waals surface area contributed by atoms with Crippen molar-refractivity contribution in [1.82, 2.24) is 10.2 Å². The maximum Gasteiger partial charge on any atom is 0.303 e. The number of H-pyrrole nitrogens is 1. The molecule has 0 radical (unpaired) electrons. The molecule has 2 N–H and O–H groups in total. The highest BCUT2D eigenvalue weighted by atomic mass is 16.4. The normalized spacial score (nSPS) is 10.6. The standard InChI is InChI=1S/C10H10N2O2/c13-9(14)5-4-7-2-1-3-8-6-11-12-10(7)8/h1-3,6H,4-5H2,(H,11,12)(H,13,14). The topological polar surface area (TPSA) is 66.0 Å². The van der Waals surface area contributed by atoms with E-state index in [1.807, 2.05) is 18.2 Å². The molecular weight excluding hydrogens is 180 g/mol. The molecule has 0 unspecified atom stereocenters. The van der Waals surface area contributed by atoms with Crippen LogP contribution in [0.3, 0.4) is 0 Å². The Kier molecular flexibility index (Phi) is 2.18. The van der Waals surface area contributed by atoms with Crippen molar-refractivity contribution in [2.75, 3.05) is 0 Å². The minimum absolute atomic E-state index is 0.151. The van der Waals surface area contributed by atoms with Crippen molar-refractivity contribution in [2.24, 2.45) is 0 Å². The molecule has 14 heavy (non-hydrogen) atoms. The molecule has 0 saturated heterocycles. The molecule has 0 aliphatic carbocycles. The van der Waals surface area contributed by atoms with Gasteiger partial charge in [-0.15, -0.1) is 0 Å². The number of para-hydroxylation sites is 1. The van der Waals surface area contributed by atoms with Gasteiger partial charge in [0.25, 0.3) is 0 Å². The Balaban J connectivity index is 2.32. The predicted molar refractivity (Wildman–Crippen MR) is 52.1 cm³/mol. The van der Waals surface area contributed by atoms with Gasteiger partial charge in [0.15, 0.2) is 0 Å². The first-order valence-electron chi connectivity index (χ1n) is 4.40. The molecule has 0 bridgehead atoms. The molecule has 72 valence electrons. The third-order valence-electron chi connectivity index (χ3n) is 2.17. The van der Waals surface area contributed by atoms with Crippen LogP contribution in [-0.2, 0) is 11.2 Å². The van der Waals surface area contributed by atoms with Crippen LogP contribution in [0.25, 0.3) is 10.9 Å². The van der Waals surface area contributed by atoms with Gasteiger partial charge >= 0.3 is 5.97 Å². The molecule has 0 aliphatic rings. The van der Waals surface area contributed by atoms with E-state index in [1.54, 1.807) is 6.20 Å². The summed E-state index contributed by atoms with van der Waals surface area (Å²) in [6, 6.07) is 5.78. The number of carbonyl (C=O) groups is 1. The predicted octanol–water partition coefficient (Wildman–Crippen LogP) is 1.58. The second-order valence-corrected chi connectivity index (χ2v) is 3.15. The number of benzene rings is 1. The van der Waals surface area contributed by atoms with Crippen LogP contribution in [0.4, 0.5) is 0 Å². The summed E-state index contributed by atoms with van der Waals surface area (Å²) >= 11 is 0. The summed E-state index contributed by atoms with van der Waals surface area (Å²) in [7, 11) is 0. The van der Waals surface area contributed by atoms with Gasteiger partial charge in [0.2, 0.25) is 0 Å². The number of nitrogens with one attached hydrogen (secondary N) is 1. The molecule has 1 aromatic carbocycles. The Morgan fingerprint density at radius 2 is 2.36 bits per heavy atom. The van der Waals surface area contributed by atoms with Gasteiger partial charge in [0, 0.05) is 11.8 Å². The van der Waals surface area contributed by atoms with Crippen molar-refractivity contribution in [3.05, 3.63) is 30.0 Å². The van der Waals surface area contributed by atoms with E-state index < -0.39 is 5.97 Å². The van der Waals surface area contributed by atoms with Crippen molar-refractivity contribution >= 4 is 16.9 Å². The van der Waals surface area contributed by atoms with Crippen LogP contribution in [0, 0.1) is 0 Å². The molecule has 1 heterocycles. The Morgan fingerprint density at radius 3 is 3.14 bits per heavy atom. The molecule has 0 aliphatic heterocycles. The zero-order valence-corrected chi connectivity index (χ0v) is 7.53. The Bertz CT molecular complexity index is 462. The lowest BCUT2D eigenvalue weighted by Gasteiger charge is -1.99. The number of hydrogen-bond donors (Lipinski definition) is 2. The molecular formula is C10H10N2O2. The Morgan fingerprint density at radius 1 is 1.50 bits per heavy atom. The summed E-state index contributed by atoms with van der Waals surface area (Å²) in [5.41, 5.74) is 1.94. The number of fused-ring (bicyclic) bond motifs is 1. The molecule has 2 aromatic rings. The van der Waals surface area contributed by atoms with Gasteiger partial charge < -0.3 is 5.11 Å². The third-order valence-corrected chi connectivity index (χ3v) is 2.17. The summed E-state index contributed by atoms with van der Waals surface area (Å²) in [6.45, 7) is 0. The van der Waals surface area contributed by atoms with Crippen molar-refractivity contribution in [3.63, 3.8) is 0 Å². The second-order valence-electron chi connectivity index (χ2n) is 3.15. The third kappa shape index (κ3) is 1.59. The summed E-state index contributed by atoms with van der Waals surface area (Å²) in [5.74, 6) is -0.776. The fourth-order valence-electron chi connectivity index (χ4n) is 1.48. The Hall–Kier alpha value is -1.84. The molecule has 0 saturated carbocycles. The molecule has 0 spiro atoms. The summed E-state index contributed by atoms with van der Waals surface area (Å²) in [6.07, 6.45) is 2.42. The first-order valence-corrected chi connectivity index (χ1v) is 4.40. The van der Waals surface area contributed by atoms with Crippen LogP contribution in [0.1, 0.15) is 12.0 Å². The van der Waals surface area contributed by atoms with E-state index in [4.69, 9.17) is 5.11 Å². The zero-order valence-electron chi connectivity index (χ0n) is 7.53. The lowest BCUT2D eigenvalue weighted by Crippen LogP contribution is -1.97.